The van der Waals surface area contributed by atoms with E-state index in [4.69, 9.17) is 9.15 Å². The Morgan fingerprint density at radius 3 is 2.81 bits per heavy atom. The topological polar surface area (TPSA) is 108 Å². The van der Waals surface area contributed by atoms with Gasteiger partial charge in [-0.2, -0.15) is 0 Å². The summed E-state index contributed by atoms with van der Waals surface area (Å²) in [5.74, 6) is -0.345. The third kappa shape index (κ3) is 3.62. The van der Waals surface area contributed by atoms with Crippen molar-refractivity contribution >= 4 is 23.0 Å². The summed E-state index contributed by atoms with van der Waals surface area (Å²) in [6, 6.07) is 7.55. The van der Waals surface area contributed by atoms with Crippen molar-refractivity contribution in [2.45, 2.75) is 26.9 Å². The minimum Gasteiger partial charge on any atom is -0.452 e. The summed E-state index contributed by atoms with van der Waals surface area (Å²) < 4.78 is 10.6. The molecule has 0 radical (unpaired) electrons. The molecule has 2 aromatic heterocycles. The largest absolute Gasteiger partial charge is 0.452 e. The van der Waals surface area contributed by atoms with Crippen molar-refractivity contribution in [1.29, 1.82) is 0 Å². The number of benzene rings is 1. The van der Waals surface area contributed by atoms with Gasteiger partial charge < -0.3 is 9.15 Å². The fourth-order valence-corrected chi connectivity index (χ4v) is 3.43. The van der Waals surface area contributed by atoms with Crippen molar-refractivity contribution in [3.05, 3.63) is 62.3 Å². The van der Waals surface area contributed by atoms with Gasteiger partial charge >= 0.3 is 5.97 Å². The number of carbonyl (C=O) groups excluding carboxylic acids is 1. The van der Waals surface area contributed by atoms with Crippen molar-refractivity contribution in [3.63, 3.8) is 0 Å². The molecule has 0 fully saturated rings. The zero-order valence-electron chi connectivity index (χ0n) is 14.1. The zero-order valence-corrected chi connectivity index (χ0v) is 14.9. The number of ether oxygens (including phenoxy) is 1. The summed E-state index contributed by atoms with van der Waals surface area (Å²) in [7, 11) is 0. The maximum Gasteiger partial charge on any atom is 0.345 e. The molecule has 0 N–H and O–H groups in total. The van der Waals surface area contributed by atoms with Crippen LogP contribution < -0.4 is 0 Å². The van der Waals surface area contributed by atoms with E-state index in [1.807, 2.05) is 13.0 Å². The van der Waals surface area contributed by atoms with Crippen LogP contribution in [0.4, 0.5) is 5.69 Å². The van der Waals surface area contributed by atoms with Crippen molar-refractivity contribution in [1.82, 2.24) is 10.2 Å². The summed E-state index contributed by atoms with van der Waals surface area (Å²) in [6.45, 7) is 3.83. The highest BCUT2D eigenvalue weighted by molar-refractivity contribution is 7.15. The number of nitro groups is 1. The fraction of sp³-hybridized carbons (Fsp3) is 0.235. The van der Waals surface area contributed by atoms with E-state index in [0.29, 0.717) is 5.89 Å². The molecule has 9 heteroatoms. The second kappa shape index (κ2) is 7.44. The number of aryl methyl sites for hydroxylation is 2. The Morgan fingerprint density at radius 1 is 1.35 bits per heavy atom. The smallest absolute Gasteiger partial charge is 0.345 e. The average Bonchev–Trinajstić information content (AvgIpc) is 3.25. The van der Waals surface area contributed by atoms with Gasteiger partial charge in [0.05, 0.1) is 9.80 Å². The lowest BCUT2D eigenvalue weighted by molar-refractivity contribution is -0.385. The van der Waals surface area contributed by atoms with Crippen molar-refractivity contribution in [2.24, 2.45) is 0 Å². The SMILES string of the molecule is CCc1sc(-c2nnc(COC(=O)c3ccccc3[N+](=O)[O-])o2)cc1C. The highest BCUT2D eigenvalue weighted by atomic mass is 32.1. The number of esters is 1. The molecular formula is C17H15N3O5S. The van der Waals surface area contributed by atoms with Gasteiger partial charge in [-0.3, -0.25) is 10.1 Å². The zero-order chi connectivity index (χ0) is 18.7. The van der Waals surface area contributed by atoms with E-state index < -0.39 is 10.9 Å². The molecule has 0 saturated carbocycles. The van der Waals surface area contributed by atoms with Gasteiger partial charge in [0.2, 0.25) is 0 Å². The number of nitro benzene ring substituents is 1. The monoisotopic (exact) mass is 373 g/mol. The van der Waals surface area contributed by atoms with Crippen LogP contribution in [0.1, 0.15) is 33.6 Å². The molecule has 0 aliphatic heterocycles. The second-order valence-electron chi connectivity index (χ2n) is 5.42. The Kier molecular flexibility index (Phi) is 5.08. The molecule has 0 unspecified atom stereocenters. The van der Waals surface area contributed by atoms with Crippen LogP contribution in [-0.2, 0) is 17.8 Å². The number of carbonyl (C=O) groups is 1. The molecule has 3 aromatic rings. The van der Waals surface area contributed by atoms with Crippen LogP contribution in [0.25, 0.3) is 10.8 Å². The lowest BCUT2D eigenvalue weighted by atomic mass is 10.2. The molecule has 0 atom stereocenters. The Hall–Kier alpha value is -3.07. The second-order valence-corrected chi connectivity index (χ2v) is 6.56. The number of thiophene rings is 1. The number of nitrogens with zero attached hydrogens (tertiary/aromatic N) is 3. The van der Waals surface area contributed by atoms with Crippen LogP contribution in [0.2, 0.25) is 0 Å². The van der Waals surface area contributed by atoms with Gasteiger partial charge in [0.15, 0.2) is 6.61 Å². The van der Waals surface area contributed by atoms with E-state index in [1.54, 1.807) is 11.3 Å². The molecule has 0 saturated heterocycles. The Balaban J connectivity index is 1.70. The lowest BCUT2D eigenvalue weighted by Crippen LogP contribution is -2.08. The van der Waals surface area contributed by atoms with Gasteiger partial charge in [-0.1, -0.05) is 19.1 Å². The maximum atomic E-state index is 12.1. The van der Waals surface area contributed by atoms with Crippen LogP contribution in [0.5, 0.6) is 0 Å². The highest BCUT2D eigenvalue weighted by Crippen LogP contribution is 2.30. The normalized spacial score (nSPS) is 10.7. The highest BCUT2D eigenvalue weighted by Gasteiger charge is 2.21. The van der Waals surface area contributed by atoms with Gasteiger partial charge in [0.1, 0.15) is 5.56 Å². The van der Waals surface area contributed by atoms with E-state index in [0.717, 1.165) is 16.9 Å². The number of hydrogen-bond acceptors (Lipinski definition) is 8. The van der Waals surface area contributed by atoms with E-state index in [2.05, 4.69) is 17.1 Å². The first-order valence-electron chi connectivity index (χ1n) is 7.82. The molecule has 0 aliphatic rings. The molecule has 0 spiro atoms. The van der Waals surface area contributed by atoms with E-state index in [-0.39, 0.29) is 23.7 Å². The van der Waals surface area contributed by atoms with E-state index >= 15 is 0 Å². The van der Waals surface area contributed by atoms with E-state index in [9.17, 15) is 14.9 Å². The third-order valence-corrected chi connectivity index (χ3v) is 5.04. The minimum absolute atomic E-state index is 0.121. The van der Waals surface area contributed by atoms with Crippen molar-refractivity contribution in [2.75, 3.05) is 0 Å². The van der Waals surface area contributed by atoms with E-state index in [1.165, 1.54) is 29.1 Å². The summed E-state index contributed by atoms with van der Waals surface area (Å²) in [4.78, 5) is 24.5. The predicted octanol–water partition coefficient (Wildman–Crippen LogP) is 3.93. The van der Waals surface area contributed by atoms with Gasteiger partial charge in [-0.05, 0) is 31.0 Å². The Bertz CT molecular complexity index is 963. The number of rotatable bonds is 6. The van der Waals surface area contributed by atoms with Crippen LogP contribution in [0, 0.1) is 17.0 Å². The predicted molar refractivity (Wildman–Crippen MR) is 93.9 cm³/mol. The number of aromatic nitrogens is 2. The first-order chi connectivity index (χ1) is 12.5. The molecule has 2 heterocycles. The summed E-state index contributed by atoms with van der Waals surface area (Å²) in [6.07, 6.45) is 0.922. The average molecular weight is 373 g/mol. The quantitative estimate of drug-likeness (QED) is 0.366. The molecule has 0 amide bonds. The molecule has 0 aliphatic carbocycles. The Labute approximate surface area is 152 Å². The first kappa shape index (κ1) is 17.7. The fourth-order valence-electron chi connectivity index (χ4n) is 2.40. The first-order valence-corrected chi connectivity index (χ1v) is 8.63. The number of hydrogen-bond donors (Lipinski definition) is 0. The summed E-state index contributed by atoms with van der Waals surface area (Å²) in [5.41, 5.74) is 0.721. The lowest BCUT2D eigenvalue weighted by Gasteiger charge is -2.02. The van der Waals surface area contributed by atoms with Crippen LogP contribution in [0.3, 0.4) is 0 Å². The van der Waals surface area contributed by atoms with Crippen molar-refractivity contribution in [3.8, 4) is 10.8 Å². The van der Waals surface area contributed by atoms with Crippen LogP contribution in [0.15, 0.2) is 34.7 Å². The standard InChI is InChI=1S/C17H15N3O5S/c1-3-13-10(2)8-14(26-13)16-19-18-15(25-16)9-24-17(21)11-6-4-5-7-12(11)20(22)23/h4-8H,3,9H2,1-2H3. The Morgan fingerprint density at radius 2 is 2.12 bits per heavy atom. The van der Waals surface area contributed by atoms with Gasteiger partial charge in [0, 0.05) is 10.9 Å². The van der Waals surface area contributed by atoms with Crippen LogP contribution in [-0.4, -0.2) is 21.1 Å². The summed E-state index contributed by atoms with van der Waals surface area (Å²) in [5, 5.41) is 18.8. The molecule has 3 rings (SSSR count). The molecule has 8 nitrogen and oxygen atoms in total. The molecular weight excluding hydrogens is 358 g/mol. The molecule has 134 valence electrons. The summed E-state index contributed by atoms with van der Waals surface area (Å²) >= 11 is 1.57. The third-order valence-electron chi connectivity index (χ3n) is 3.67. The molecule has 1 aromatic carbocycles. The minimum atomic E-state index is -0.822. The van der Waals surface area contributed by atoms with Gasteiger partial charge in [0.25, 0.3) is 17.5 Å². The van der Waals surface area contributed by atoms with Crippen molar-refractivity contribution < 1.29 is 18.9 Å². The van der Waals surface area contributed by atoms with Gasteiger partial charge in [-0.15, -0.1) is 21.5 Å². The van der Waals surface area contributed by atoms with Gasteiger partial charge in [-0.25, -0.2) is 4.79 Å². The molecule has 26 heavy (non-hydrogen) atoms. The number of para-hydroxylation sites is 1. The molecule has 0 bridgehead atoms. The maximum absolute atomic E-state index is 12.1. The van der Waals surface area contributed by atoms with Crippen LogP contribution >= 0.6 is 11.3 Å².